The summed E-state index contributed by atoms with van der Waals surface area (Å²) in [5, 5.41) is 23.3. The minimum Gasteiger partial charge on any atom is -0.378 e. The lowest BCUT2D eigenvalue weighted by Gasteiger charge is -2.21. The number of pyridine rings is 1. The van der Waals surface area contributed by atoms with Crippen LogP contribution in [0.2, 0.25) is 5.02 Å². The molecule has 3 N–H and O–H groups in total. The Labute approximate surface area is 314 Å². The van der Waals surface area contributed by atoms with Crippen LogP contribution in [0.15, 0.2) is 47.0 Å². The molecule has 1 fully saturated rings. The molecule has 2 aliphatic carbocycles. The second kappa shape index (κ2) is 13.8. The zero-order valence-electron chi connectivity index (χ0n) is 28.9. The number of alkyl halides is 4. The molecular weight excluding hydrogens is 776 g/mol. The molecule has 3 atom stereocenters. The van der Waals surface area contributed by atoms with Gasteiger partial charge in [0.25, 0.3) is 12.3 Å². The highest BCUT2D eigenvalue weighted by Gasteiger charge is 2.67. The molecule has 18 heteroatoms. The predicted molar refractivity (Wildman–Crippen MR) is 187 cm³/mol. The van der Waals surface area contributed by atoms with E-state index in [4.69, 9.17) is 26.2 Å². The Morgan fingerprint density at radius 3 is 2.47 bits per heavy atom. The molecule has 3 heterocycles. The van der Waals surface area contributed by atoms with Gasteiger partial charge in [0, 0.05) is 41.0 Å². The van der Waals surface area contributed by atoms with Crippen LogP contribution in [0, 0.1) is 29.4 Å². The number of hydrogen-bond donors (Lipinski definition) is 2. The number of ketones is 1. The number of benzene rings is 2. The van der Waals surface area contributed by atoms with E-state index in [0.717, 1.165) is 12.1 Å². The number of nitrogens with zero attached hydrogens (tertiary/aromatic N) is 4. The van der Waals surface area contributed by atoms with Gasteiger partial charge in [0.05, 0.1) is 16.1 Å². The summed E-state index contributed by atoms with van der Waals surface area (Å²) in [5.74, 6) is -4.48. The molecule has 10 nitrogen and oxygen atoms in total. The maximum absolute atomic E-state index is 15.3. The fourth-order valence-electron chi connectivity index (χ4n) is 7.23. The Balaban J connectivity index is 1.37. The second-order valence-corrected chi connectivity index (χ2v) is 16.3. The molecule has 2 aromatic carbocycles. The summed E-state index contributed by atoms with van der Waals surface area (Å²) in [6.07, 6.45) is -3.92. The smallest absolute Gasteiger partial charge is 0.293 e. The molecule has 1 saturated carbocycles. The molecule has 0 bridgehead atoms. The quantitative estimate of drug-likeness (QED) is 0.106. The van der Waals surface area contributed by atoms with Crippen LogP contribution in [-0.2, 0) is 39.5 Å². The van der Waals surface area contributed by atoms with Crippen LogP contribution < -0.4 is 5.14 Å². The van der Waals surface area contributed by atoms with Crippen molar-refractivity contribution >= 4 is 38.4 Å². The van der Waals surface area contributed by atoms with E-state index >= 15 is 8.78 Å². The van der Waals surface area contributed by atoms with Gasteiger partial charge in [-0.3, -0.25) is 9.48 Å². The van der Waals surface area contributed by atoms with Crippen LogP contribution in [0.3, 0.4) is 0 Å². The number of hydrogen-bond acceptors (Lipinski definition) is 8. The standard InChI is InChI=1S/C37H30ClF6N5O5S/c1-36(2,51)8-7-21-3-4-23(24-5-6-27(38)30-28(16-55(45,52)53)48-54-33(24)30)31(46-21)18(9-17-10-19(39)13-20(40)11-17)12-22(50)15-49-34-29(32(47-49)35(41)42)25-14-26(25)37(34,43)44/h3-6,10-11,13,18,25-26,35,51H,9,12,14-16H2,1-2H3,(H2,45,52,53)/t18-,25+,26-/m1/s1. The zero-order chi connectivity index (χ0) is 39.8. The Kier molecular flexibility index (Phi) is 9.64. The van der Waals surface area contributed by atoms with Gasteiger partial charge < -0.3 is 9.63 Å². The number of sulfonamides is 1. The highest BCUT2D eigenvalue weighted by atomic mass is 35.5. The van der Waals surface area contributed by atoms with Crippen LogP contribution in [0.1, 0.15) is 84.5 Å². The number of aliphatic hydroxyl groups is 1. The van der Waals surface area contributed by atoms with Gasteiger partial charge in [0.1, 0.15) is 52.3 Å². The average Bonchev–Trinajstić information content (AvgIpc) is 3.54. The number of primary sulfonamides is 1. The van der Waals surface area contributed by atoms with E-state index in [0.29, 0.717) is 10.7 Å². The third-order valence-electron chi connectivity index (χ3n) is 9.45. The third-order valence-corrected chi connectivity index (χ3v) is 10.4. The summed E-state index contributed by atoms with van der Waals surface area (Å²) in [7, 11) is -4.10. The van der Waals surface area contributed by atoms with Crippen molar-refractivity contribution in [3.05, 3.63) is 98.7 Å². The molecule has 0 radical (unpaired) electrons. The average molecular weight is 806 g/mol. The van der Waals surface area contributed by atoms with Crippen molar-refractivity contribution in [2.75, 3.05) is 0 Å². The van der Waals surface area contributed by atoms with Crippen molar-refractivity contribution in [1.82, 2.24) is 19.9 Å². The van der Waals surface area contributed by atoms with Gasteiger partial charge >= 0.3 is 0 Å². The monoisotopic (exact) mass is 805 g/mol. The number of rotatable bonds is 11. The number of carbonyl (C=O) groups excluding carboxylic acids is 1. The number of Topliss-reactive ketones (excluding diaryl/α,β-unsaturated/α-hetero) is 1. The fraction of sp³-hybridized carbons (Fsp3) is 0.351. The Morgan fingerprint density at radius 1 is 1.13 bits per heavy atom. The lowest BCUT2D eigenvalue weighted by Crippen LogP contribution is -2.24. The van der Waals surface area contributed by atoms with E-state index in [1.807, 2.05) is 0 Å². The van der Waals surface area contributed by atoms with Crippen LogP contribution in [0.4, 0.5) is 26.3 Å². The minimum absolute atomic E-state index is 0.00108. The van der Waals surface area contributed by atoms with Crippen molar-refractivity contribution in [1.29, 1.82) is 0 Å². The zero-order valence-corrected chi connectivity index (χ0v) is 30.5. The predicted octanol–water partition coefficient (Wildman–Crippen LogP) is 7.06. The molecule has 0 amide bonds. The first-order valence-electron chi connectivity index (χ1n) is 16.8. The molecular formula is C37H30ClF6N5O5S. The van der Waals surface area contributed by atoms with Gasteiger partial charge in [0.2, 0.25) is 10.0 Å². The molecule has 288 valence electrons. The lowest BCUT2D eigenvalue weighted by atomic mass is 9.86. The van der Waals surface area contributed by atoms with Gasteiger partial charge in [-0.15, -0.1) is 0 Å². The minimum atomic E-state index is -4.10. The van der Waals surface area contributed by atoms with Gasteiger partial charge in [-0.25, -0.2) is 36.1 Å². The number of aromatic nitrogens is 4. The molecule has 55 heavy (non-hydrogen) atoms. The maximum atomic E-state index is 15.3. The van der Waals surface area contributed by atoms with E-state index in [9.17, 15) is 35.9 Å². The van der Waals surface area contributed by atoms with Crippen molar-refractivity contribution < 1.29 is 49.2 Å². The second-order valence-electron chi connectivity index (χ2n) is 14.3. The van der Waals surface area contributed by atoms with Crippen molar-refractivity contribution in [3.63, 3.8) is 0 Å². The largest absolute Gasteiger partial charge is 0.378 e. The molecule has 3 aromatic heterocycles. The number of halogens is 7. The van der Waals surface area contributed by atoms with Gasteiger partial charge in [-0.05, 0) is 80.5 Å². The van der Waals surface area contributed by atoms with Crippen LogP contribution in [0.25, 0.3) is 22.1 Å². The molecule has 7 rings (SSSR count). The van der Waals surface area contributed by atoms with Gasteiger partial charge in [-0.1, -0.05) is 22.7 Å². The summed E-state index contributed by atoms with van der Waals surface area (Å²) >= 11 is 6.46. The summed E-state index contributed by atoms with van der Waals surface area (Å²) in [6, 6.07) is 8.68. The molecule has 0 aliphatic heterocycles. The van der Waals surface area contributed by atoms with Crippen LogP contribution in [0.5, 0.6) is 0 Å². The Morgan fingerprint density at radius 2 is 1.82 bits per heavy atom. The van der Waals surface area contributed by atoms with E-state index in [2.05, 4.69) is 22.1 Å². The first-order valence-corrected chi connectivity index (χ1v) is 18.9. The molecule has 0 saturated heterocycles. The summed E-state index contributed by atoms with van der Waals surface area (Å²) < 4.78 is 118. The van der Waals surface area contributed by atoms with Crippen molar-refractivity contribution in [3.8, 4) is 23.0 Å². The Hall–Kier alpha value is -4.76. The third kappa shape index (κ3) is 7.73. The highest BCUT2D eigenvalue weighted by molar-refractivity contribution is 7.88. The van der Waals surface area contributed by atoms with Gasteiger partial charge in [-0.2, -0.15) is 13.9 Å². The maximum Gasteiger partial charge on any atom is 0.293 e. The van der Waals surface area contributed by atoms with Crippen LogP contribution in [-0.4, -0.2) is 44.8 Å². The van der Waals surface area contributed by atoms with E-state index in [1.165, 1.54) is 38.1 Å². The number of carbonyl (C=O) groups is 1. The molecule has 2 aliphatic rings. The molecule has 0 unspecified atom stereocenters. The summed E-state index contributed by atoms with van der Waals surface area (Å²) in [5.41, 5.74) is -2.59. The fourth-order valence-corrected chi connectivity index (χ4v) is 8.07. The lowest BCUT2D eigenvalue weighted by molar-refractivity contribution is -0.120. The SMILES string of the molecule is CC(C)(O)C#Cc1ccc(-c2ccc(Cl)c3c(CS(N)(=O)=O)noc23)c([C@@H](CC(=O)Cn2nc(C(F)F)c3c2C(F)(F)[C@@H]2C[C@H]32)Cc2cc(F)cc(F)c2)n1. The first kappa shape index (κ1) is 38.5. The highest BCUT2D eigenvalue weighted by Crippen LogP contribution is 2.68. The number of fused-ring (bicyclic) bond motifs is 4. The van der Waals surface area contributed by atoms with E-state index < -0.39 is 93.3 Å². The Bertz CT molecular complexity index is 2540. The van der Waals surface area contributed by atoms with E-state index in [-0.39, 0.29) is 68.2 Å². The van der Waals surface area contributed by atoms with Crippen LogP contribution >= 0.6 is 11.6 Å². The molecule has 5 aromatic rings. The van der Waals surface area contributed by atoms with E-state index in [1.54, 1.807) is 0 Å². The van der Waals surface area contributed by atoms with Crippen molar-refractivity contribution in [2.45, 2.75) is 75.2 Å². The normalized spacial score (nSPS) is 17.9. The first-order chi connectivity index (χ1) is 25.7. The summed E-state index contributed by atoms with van der Waals surface area (Å²) in [6.45, 7) is 2.04. The molecule has 0 spiro atoms. The topological polar surface area (TPSA) is 154 Å². The summed E-state index contributed by atoms with van der Waals surface area (Å²) in [4.78, 5) is 18.6. The van der Waals surface area contributed by atoms with Crippen molar-refractivity contribution in [2.24, 2.45) is 11.1 Å². The number of nitrogens with two attached hydrogens (primary N) is 1. The van der Waals surface area contributed by atoms with Gasteiger partial charge in [0.15, 0.2) is 11.4 Å².